The zero-order valence-electron chi connectivity index (χ0n) is 15.3. The van der Waals surface area contributed by atoms with Crippen LogP contribution in [-0.4, -0.2) is 21.6 Å². The molecule has 1 aromatic heterocycles. The fourth-order valence-electron chi connectivity index (χ4n) is 3.23. The van der Waals surface area contributed by atoms with Crippen molar-refractivity contribution in [2.45, 2.75) is 25.8 Å². The van der Waals surface area contributed by atoms with Crippen LogP contribution < -0.4 is 10.6 Å². The van der Waals surface area contributed by atoms with E-state index in [0.717, 1.165) is 22.5 Å². The molecular weight excluding hydrogens is 376 g/mol. The van der Waals surface area contributed by atoms with Crippen LogP contribution in [0.3, 0.4) is 0 Å². The summed E-state index contributed by atoms with van der Waals surface area (Å²) < 4.78 is 1.62. The first kappa shape index (κ1) is 18.3. The number of hydrogen-bond acceptors (Lipinski definition) is 3. The van der Waals surface area contributed by atoms with E-state index in [4.69, 9.17) is 11.6 Å². The summed E-state index contributed by atoms with van der Waals surface area (Å²) in [6.07, 6.45) is 2.92. The predicted molar refractivity (Wildman–Crippen MR) is 108 cm³/mol. The second-order valence-electron chi connectivity index (χ2n) is 6.79. The van der Waals surface area contributed by atoms with Crippen LogP contribution in [0.15, 0.2) is 54.7 Å². The van der Waals surface area contributed by atoms with Gasteiger partial charge in [-0.25, -0.2) is 4.68 Å². The third kappa shape index (κ3) is 3.77. The molecule has 0 saturated heterocycles. The van der Waals surface area contributed by atoms with Gasteiger partial charge in [-0.15, -0.1) is 0 Å². The number of halogens is 1. The van der Waals surface area contributed by atoms with E-state index < -0.39 is 0 Å². The lowest BCUT2D eigenvalue weighted by Crippen LogP contribution is -2.27. The first-order valence-corrected chi connectivity index (χ1v) is 9.42. The van der Waals surface area contributed by atoms with Crippen molar-refractivity contribution in [2.24, 2.45) is 0 Å². The summed E-state index contributed by atoms with van der Waals surface area (Å²) >= 11 is 6.02. The summed E-state index contributed by atoms with van der Waals surface area (Å²) in [5, 5.41) is 10.8. The zero-order chi connectivity index (χ0) is 19.7. The van der Waals surface area contributed by atoms with Crippen LogP contribution in [0.2, 0.25) is 5.02 Å². The normalized spacial score (nSPS) is 14.1. The van der Waals surface area contributed by atoms with Gasteiger partial charge in [0.2, 0.25) is 5.91 Å². The van der Waals surface area contributed by atoms with Gasteiger partial charge in [0.15, 0.2) is 5.69 Å². The Bertz CT molecular complexity index is 1060. The maximum atomic E-state index is 12.6. The molecule has 6 nitrogen and oxygen atoms in total. The highest BCUT2D eigenvalue weighted by atomic mass is 35.5. The minimum Gasteiger partial charge on any atom is -0.344 e. The molecule has 28 heavy (non-hydrogen) atoms. The van der Waals surface area contributed by atoms with Crippen molar-refractivity contribution in [3.63, 3.8) is 0 Å². The summed E-state index contributed by atoms with van der Waals surface area (Å²) in [5.74, 6) is -0.212. The average molecular weight is 395 g/mol. The van der Waals surface area contributed by atoms with Crippen LogP contribution in [0.5, 0.6) is 0 Å². The van der Waals surface area contributed by atoms with Crippen molar-refractivity contribution in [1.29, 1.82) is 0 Å². The first-order valence-electron chi connectivity index (χ1n) is 9.05. The number of carbonyl (C=O) groups excluding carboxylic acids is 2. The lowest BCUT2D eigenvalue weighted by atomic mass is 9.98. The van der Waals surface area contributed by atoms with E-state index in [9.17, 15) is 9.59 Å². The molecule has 7 heteroatoms. The van der Waals surface area contributed by atoms with Gasteiger partial charge in [-0.1, -0.05) is 29.8 Å². The van der Waals surface area contributed by atoms with Crippen molar-refractivity contribution in [3.05, 3.63) is 76.6 Å². The molecule has 2 N–H and O–H groups in total. The van der Waals surface area contributed by atoms with Crippen LogP contribution in [0.25, 0.3) is 5.69 Å². The molecule has 4 rings (SSSR count). The third-order valence-electron chi connectivity index (χ3n) is 4.77. The first-order chi connectivity index (χ1) is 13.5. The van der Waals surface area contributed by atoms with Gasteiger partial charge < -0.3 is 10.6 Å². The Morgan fingerprint density at radius 2 is 2.07 bits per heavy atom. The standard InChI is InChI=1S/C21H19ClN4O2/c1-13(14-5-7-18-15(11-14)6-8-20(27)24-18)23-21(28)19-9-10-26(25-19)17-4-2-3-16(22)12-17/h2-5,7,9-13H,6,8H2,1H3,(H,23,28)(H,24,27). The number of nitrogens with zero attached hydrogens (tertiary/aromatic N) is 2. The number of fused-ring (bicyclic) bond motifs is 1. The van der Waals surface area contributed by atoms with Crippen LogP contribution in [0.4, 0.5) is 5.69 Å². The predicted octanol–water partition coefficient (Wildman–Crippen LogP) is 3.90. The van der Waals surface area contributed by atoms with Crippen LogP contribution in [0, 0.1) is 0 Å². The second-order valence-corrected chi connectivity index (χ2v) is 7.22. The fourth-order valence-corrected chi connectivity index (χ4v) is 3.42. The largest absolute Gasteiger partial charge is 0.344 e. The number of carbonyl (C=O) groups is 2. The highest BCUT2D eigenvalue weighted by molar-refractivity contribution is 6.30. The minimum atomic E-state index is -0.251. The van der Waals surface area contributed by atoms with Gasteiger partial charge in [-0.3, -0.25) is 9.59 Å². The molecule has 0 saturated carbocycles. The summed E-state index contributed by atoms with van der Waals surface area (Å²) in [6.45, 7) is 1.93. The molecule has 1 unspecified atom stereocenters. The average Bonchev–Trinajstić information content (AvgIpc) is 3.18. The van der Waals surface area contributed by atoms with Gasteiger partial charge in [0.25, 0.3) is 5.91 Å². The monoisotopic (exact) mass is 394 g/mol. The van der Waals surface area contributed by atoms with E-state index in [1.54, 1.807) is 29.1 Å². The molecule has 0 fully saturated rings. The minimum absolute atomic E-state index is 0.0388. The molecule has 0 radical (unpaired) electrons. The van der Waals surface area contributed by atoms with E-state index in [1.165, 1.54) is 0 Å². The maximum absolute atomic E-state index is 12.6. The number of benzene rings is 2. The summed E-state index contributed by atoms with van der Waals surface area (Å²) in [4.78, 5) is 24.1. The zero-order valence-corrected chi connectivity index (χ0v) is 16.0. The Morgan fingerprint density at radius 3 is 2.89 bits per heavy atom. The number of amides is 2. The van der Waals surface area contributed by atoms with E-state index in [2.05, 4.69) is 15.7 Å². The summed E-state index contributed by atoms with van der Waals surface area (Å²) in [5.41, 5.74) is 4.04. The number of aromatic nitrogens is 2. The molecule has 0 bridgehead atoms. The molecule has 1 aliphatic heterocycles. The lowest BCUT2D eigenvalue weighted by Gasteiger charge is -2.20. The van der Waals surface area contributed by atoms with Crippen LogP contribution >= 0.6 is 11.6 Å². The Labute approximate surface area is 167 Å². The Hall–Kier alpha value is -3.12. The van der Waals surface area contributed by atoms with E-state index in [-0.39, 0.29) is 17.9 Å². The molecule has 1 atom stereocenters. The van der Waals surface area contributed by atoms with Crippen LogP contribution in [-0.2, 0) is 11.2 Å². The van der Waals surface area contributed by atoms with Crippen LogP contribution in [0.1, 0.15) is 41.0 Å². The molecule has 0 spiro atoms. The fraction of sp³-hybridized carbons (Fsp3) is 0.190. The van der Waals surface area contributed by atoms with Gasteiger partial charge in [-0.05, 0) is 54.8 Å². The smallest absolute Gasteiger partial charge is 0.272 e. The second kappa shape index (κ2) is 7.48. The van der Waals surface area contributed by atoms with E-state index in [0.29, 0.717) is 23.6 Å². The topological polar surface area (TPSA) is 76.0 Å². The quantitative estimate of drug-likeness (QED) is 0.704. The Kier molecular flexibility index (Phi) is 4.88. The van der Waals surface area contributed by atoms with Crippen molar-refractivity contribution < 1.29 is 9.59 Å². The molecule has 2 aromatic carbocycles. The molecule has 142 valence electrons. The third-order valence-corrected chi connectivity index (χ3v) is 5.00. The number of aryl methyl sites for hydroxylation is 1. The lowest BCUT2D eigenvalue weighted by molar-refractivity contribution is -0.116. The van der Waals surface area contributed by atoms with Gasteiger partial charge >= 0.3 is 0 Å². The Morgan fingerprint density at radius 1 is 1.21 bits per heavy atom. The van der Waals surface area contributed by atoms with Gasteiger partial charge in [0.1, 0.15) is 0 Å². The number of anilines is 1. The highest BCUT2D eigenvalue weighted by Crippen LogP contribution is 2.26. The number of nitrogens with one attached hydrogen (secondary N) is 2. The van der Waals surface area contributed by atoms with Crippen molar-refractivity contribution in [3.8, 4) is 5.69 Å². The number of rotatable bonds is 4. The van der Waals surface area contributed by atoms with Gasteiger partial charge in [0.05, 0.1) is 11.7 Å². The van der Waals surface area contributed by atoms with Crippen molar-refractivity contribution >= 4 is 29.1 Å². The molecular formula is C21H19ClN4O2. The summed E-state index contributed by atoms with van der Waals surface area (Å²) in [6, 6.07) is 14.6. The molecule has 0 aliphatic carbocycles. The SMILES string of the molecule is CC(NC(=O)c1ccn(-c2cccc(Cl)c2)n1)c1ccc2c(c1)CCC(=O)N2. The molecule has 2 heterocycles. The summed E-state index contributed by atoms with van der Waals surface area (Å²) in [7, 11) is 0. The number of hydrogen-bond donors (Lipinski definition) is 2. The Balaban J connectivity index is 1.47. The van der Waals surface area contributed by atoms with Gasteiger partial charge in [-0.2, -0.15) is 5.10 Å². The van der Waals surface area contributed by atoms with Crippen molar-refractivity contribution in [1.82, 2.24) is 15.1 Å². The molecule has 2 amide bonds. The molecule has 1 aliphatic rings. The van der Waals surface area contributed by atoms with E-state index >= 15 is 0 Å². The molecule has 3 aromatic rings. The maximum Gasteiger partial charge on any atom is 0.272 e. The van der Waals surface area contributed by atoms with Gasteiger partial charge in [0, 0.05) is 23.3 Å². The highest BCUT2D eigenvalue weighted by Gasteiger charge is 2.18. The van der Waals surface area contributed by atoms with E-state index in [1.807, 2.05) is 37.3 Å². The van der Waals surface area contributed by atoms with Crippen molar-refractivity contribution in [2.75, 3.05) is 5.32 Å².